The first-order valence-corrected chi connectivity index (χ1v) is 10.2. The summed E-state index contributed by atoms with van der Waals surface area (Å²) in [6.45, 7) is 0. The number of nitrogens with zero attached hydrogens (tertiary/aromatic N) is 4. The van der Waals surface area contributed by atoms with Crippen LogP contribution in [0.15, 0.2) is 93.2 Å². The second-order valence-electron chi connectivity index (χ2n) is 6.00. The molecule has 0 atom stereocenters. The van der Waals surface area contributed by atoms with Crippen molar-refractivity contribution in [3.8, 4) is 0 Å². The van der Waals surface area contributed by atoms with Gasteiger partial charge in [-0.2, -0.15) is 15.3 Å². The van der Waals surface area contributed by atoms with Crippen LogP contribution in [0.5, 0.6) is 0 Å². The zero-order valence-electron chi connectivity index (χ0n) is 16.1. The highest BCUT2D eigenvalue weighted by Crippen LogP contribution is 2.13. The summed E-state index contributed by atoms with van der Waals surface area (Å²) in [5.41, 5.74) is 7.73. The molecule has 3 aromatic rings. The second kappa shape index (κ2) is 11.9. The van der Waals surface area contributed by atoms with Gasteiger partial charge in [0.05, 0.1) is 18.6 Å². The number of hydrogen-bond acceptors (Lipinski definition) is 4. The van der Waals surface area contributed by atoms with E-state index in [0.29, 0.717) is 15.1 Å². The van der Waals surface area contributed by atoms with Gasteiger partial charge in [-0.1, -0.05) is 89.4 Å². The van der Waals surface area contributed by atoms with Gasteiger partial charge in [-0.05, 0) is 18.2 Å². The standard InChI is InChI=1S/C22H17Cl3N6/c23-19-10-4-1-7-16(19)13-26-29-22(30-27-14-17-8-2-5-11-20(17)24)31-28-15-18-9-3-6-12-21(18)25/h1-15H,(H2,29,30,31)/b26-13-,27-14-,28-15+. The van der Waals surface area contributed by atoms with Crippen LogP contribution in [0.4, 0.5) is 0 Å². The predicted octanol–water partition coefficient (Wildman–Crippen LogP) is 5.58. The van der Waals surface area contributed by atoms with E-state index >= 15 is 0 Å². The number of guanidine groups is 1. The van der Waals surface area contributed by atoms with Gasteiger partial charge < -0.3 is 0 Å². The molecule has 0 aromatic heterocycles. The largest absolute Gasteiger partial charge is 0.257 e. The monoisotopic (exact) mass is 470 g/mol. The molecule has 0 aliphatic heterocycles. The highest BCUT2D eigenvalue weighted by atomic mass is 35.5. The van der Waals surface area contributed by atoms with Crippen molar-refractivity contribution in [1.29, 1.82) is 0 Å². The first-order valence-electron chi connectivity index (χ1n) is 9.06. The van der Waals surface area contributed by atoms with E-state index in [4.69, 9.17) is 34.8 Å². The van der Waals surface area contributed by atoms with Crippen LogP contribution in [0.2, 0.25) is 15.1 Å². The van der Waals surface area contributed by atoms with Crippen LogP contribution in [0.25, 0.3) is 0 Å². The summed E-state index contributed by atoms with van der Waals surface area (Å²) in [6.07, 6.45) is 4.66. The Bertz CT molecular complexity index is 1080. The normalized spacial score (nSPS) is 12.2. The van der Waals surface area contributed by atoms with Crippen LogP contribution in [-0.4, -0.2) is 24.6 Å². The fraction of sp³-hybridized carbons (Fsp3) is 0. The summed E-state index contributed by atoms with van der Waals surface area (Å²) in [4.78, 5) is 0. The lowest BCUT2D eigenvalue weighted by molar-refractivity contribution is 0.890. The minimum atomic E-state index is 0.176. The Balaban J connectivity index is 1.75. The van der Waals surface area contributed by atoms with E-state index in [0.717, 1.165) is 16.7 Å². The van der Waals surface area contributed by atoms with Crippen LogP contribution in [0.3, 0.4) is 0 Å². The first kappa shape index (κ1) is 22.5. The zero-order valence-corrected chi connectivity index (χ0v) is 18.4. The fourth-order valence-corrected chi connectivity index (χ4v) is 2.84. The molecular formula is C22H17Cl3N6. The Morgan fingerprint density at radius 2 is 0.968 bits per heavy atom. The van der Waals surface area contributed by atoms with Crippen molar-refractivity contribution in [3.63, 3.8) is 0 Å². The lowest BCUT2D eigenvalue weighted by Gasteiger charge is -2.03. The molecule has 0 heterocycles. The summed E-state index contributed by atoms with van der Waals surface area (Å²) < 4.78 is 0. The van der Waals surface area contributed by atoms with Crippen molar-refractivity contribution in [2.45, 2.75) is 0 Å². The summed E-state index contributed by atoms with van der Waals surface area (Å²) in [6, 6.07) is 21.9. The van der Waals surface area contributed by atoms with Crippen LogP contribution < -0.4 is 10.9 Å². The maximum Gasteiger partial charge on any atom is 0.257 e. The van der Waals surface area contributed by atoms with Crippen LogP contribution >= 0.6 is 34.8 Å². The molecule has 0 saturated carbocycles. The van der Waals surface area contributed by atoms with Crippen molar-refractivity contribution < 1.29 is 0 Å². The molecule has 2 N–H and O–H groups in total. The molecule has 6 nitrogen and oxygen atoms in total. The topological polar surface area (TPSA) is 73.5 Å². The van der Waals surface area contributed by atoms with Gasteiger partial charge in [0.1, 0.15) is 0 Å². The number of nitrogens with one attached hydrogen (secondary N) is 2. The zero-order chi connectivity index (χ0) is 21.9. The molecule has 0 spiro atoms. The number of benzene rings is 3. The SMILES string of the molecule is Clc1ccccc1/C=N\N=C(N/N=C\c1ccccc1Cl)N/N=C/c1ccccc1Cl. The first-order chi connectivity index (χ1) is 15.1. The van der Waals surface area contributed by atoms with Crippen LogP contribution in [0.1, 0.15) is 16.7 Å². The summed E-state index contributed by atoms with van der Waals surface area (Å²) in [7, 11) is 0. The van der Waals surface area contributed by atoms with Crippen LogP contribution in [-0.2, 0) is 0 Å². The van der Waals surface area contributed by atoms with Crippen molar-refractivity contribution >= 4 is 59.4 Å². The summed E-state index contributed by atoms with van der Waals surface area (Å²) in [5, 5.41) is 18.1. The molecule has 0 bridgehead atoms. The predicted molar refractivity (Wildman–Crippen MR) is 131 cm³/mol. The van der Waals surface area contributed by atoms with Gasteiger partial charge in [0.15, 0.2) is 0 Å². The van der Waals surface area contributed by atoms with Crippen molar-refractivity contribution in [2.75, 3.05) is 0 Å². The van der Waals surface area contributed by atoms with Gasteiger partial charge in [0.25, 0.3) is 5.96 Å². The Hall–Kier alpha value is -3.19. The molecule has 0 saturated heterocycles. The minimum absolute atomic E-state index is 0.176. The van der Waals surface area contributed by atoms with E-state index < -0.39 is 0 Å². The average Bonchev–Trinajstić information content (AvgIpc) is 2.77. The molecule has 3 rings (SSSR count). The number of halogens is 3. The Kier molecular flexibility index (Phi) is 8.60. The van der Waals surface area contributed by atoms with Crippen molar-refractivity contribution in [3.05, 3.63) is 105 Å². The molecular weight excluding hydrogens is 455 g/mol. The third-order valence-corrected chi connectivity index (χ3v) is 4.85. The van der Waals surface area contributed by atoms with Gasteiger partial charge in [0.2, 0.25) is 0 Å². The maximum atomic E-state index is 6.14. The Labute approximate surface area is 195 Å². The Morgan fingerprint density at radius 3 is 1.39 bits per heavy atom. The Morgan fingerprint density at radius 1 is 0.581 bits per heavy atom. The molecule has 0 unspecified atom stereocenters. The summed E-state index contributed by atoms with van der Waals surface area (Å²) in [5.74, 6) is 0.176. The van der Waals surface area contributed by atoms with Crippen LogP contribution in [0, 0.1) is 0 Å². The smallest absolute Gasteiger partial charge is 0.244 e. The number of hydrogen-bond donors (Lipinski definition) is 2. The van der Waals surface area contributed by atoms with Crippen molar-refractivity contribution in [1.82, 2.24) is 10.9 Å². The highest BCUT2D eigenvalue weighted by molar-refractivity contribution is 6.33. The lowest BCUT2D eigenvalue weighted by Crippen LogP contribution is -2.30. The van der Waals surface area contributed by atoms with E-state index in [1.807, 2.05) is 54.6 Å². The summed E-state index contributed by atoms with van der Waals surface area (Å²) >= 11 is 18.4. The van der Waals surface area contributed by atoms with Crippen molar-refractivity contribution in [2.24, 2.45) is 20.4 Å². The van der Waals surface area contributed by atoms with E-state index in [1.165, 1.54) is 6.21 Å². The fourth-order valence-electron chi connectivity index (χ4n) is 2.28. The number of rotatable bonds is 6. The molecule has 0 aliphatic carbocycles. The third kappa shape index (κ3) is 7.22. The molecule has 0 aliphatic rings. The van der Waals surface area contributed by atoms with Gasteiger partial charge in [-0.25, -0.2) is 10.9 Å². The van der Waals surface area contributed by atoms with Gasteiger partial charge in [-0.15, -0.1) is 5.10 Å². The highest BCUT2D eigenvalue weighted by Gasteiger charge is 1.99. The molecule has 156 valence electrons. The van der Waals surface area contributed by atoms with E-state index in [2.05, 4.69) is 31.3 Å². The van der Waals surface area contributed by atoms with Gasteiger partial charge in [-0.3, -0.25) is 0 Å². The second-order valence-corrected chi connectivity index (χ2v) is 7.22. The van der Waals surface area contributed by atoms with E-state index in [1.54, 1.807) is 30.6 Å². The van der Waals surface area contributed by atoms with Gasteiger partial charge >= 0.3 is 0 Å². The quantitative estimate of drug-likeness (QED) is 0.280. The molecule has 31 heavy (non-hydrogen) atoms. The molecule has 0 radical (unpaired) electrons. The van der Waals surface area contributed by atoms with E-state index in [-0.39, 0.29) is 5.96 Å². The molecule has 0 fully saturated rings. The van der Waals surface area contributed by atoms with Gasteiger partial charge in [0, 0.05) is 31.8 Å². The average molecular weight is 472 g/mol. The number of hydrazone groups is 2. The molecule has 9 heteroatoms. The van der Waals surface area contributed by atoms with E-state index in [9.17, 15) is 0 Å². The third-order valence-electron chi connectivity index (χ3n) is 3.82. The molecule has 3 aromatic carbocycles. The molecule has 0 amide bonds. The minimum Gasteiger partial charge on any atom is -0.244 e. The maximum absolute atomic E-state index is 6.14. The lowest BCUT2D eigenvalue weighted by atomic mass is 10.2.